The second kappa shape index (κ2) is 5.69. The fraction of sp³-hybridized carbons (Fsp3) is 0.750. The molecule has 0 aliphatic carbocycles. The third-order valence-electron chi connectivity index (χ3n) is 1.78. The molecule has 0 spiro atoms. The number of aliphatic imine (C=N–C) groups is 2. The molecular formula is C8H16N4O2. The van der Waals surface area contributed by atoms with Crippen molar-refractivity contribution in [1.29, 1.82) is 0 Å². The van der Waals surface area contributed by atoms with Crippen LogP contribution in [0.3, 0.4) is 0 Å². The second-order valence-electron chi connectivity index (χ2n) is 2.91. The standard InChI is InChI=1S/C8H16N4O2/c1-7-10-6-12(8(9)11-7)2-4-14-5-3-13/h6,8,13H,2-5,9H2,1H3. The van der Waals surface area contributed by atoms with Crippen LogP contribution in [0.4, 0.5) is 0 Å². The quantitative estimate of drug-likeness (QED) is 0.557. The summed E-state index contributed by atoms with van der Waals surface area (Å²) in [5.74, 6) is 0.685. The summed E-state index contributed by atoms with van der Waals surface area (Å²) in [5, 5.41) is 8.48. The Bertz CT molecular complexity index is 229. The lowest BCUT2D eigenvalue weighted by Gasteiger charge is -2.26. The van der Waals surface area contributed by atoms with Crippen LogP contribution in [0.2, 0.25) is 0 Å². The number of ether oxygens (including phenoxy) is 1. The molecule has 3 N–H and O–H groups in total. The Morgan fingerprint density at radius 3 is 3.07 bits per heavy atom. The molecule has 1 unspecified atom stereocenters. The fourth-order valence-corrected chi connectivity index (χ4v) is 1.05. The third kappa shape index (κ3) is 3.41. The first-order valence-electron chi connectivity index (χ1n) is 4.52. The van der Waals surface area contributed by atoms with Gasteiger partial charge < -0.3 is 14.7 Å². The Morgan fingerprint density at radius 1 is 1.64 bits per heavy atom. The van der Waals surface area contributed by atoms with E-state index in [1.807, 2.05) is 0 Å². The molecule has 0 aromatic carbocycles. The van der Waals surface area contributed by atoms with E-state index in [9.17, 15) is 0 Å². The molecule has 1 atom stereocenters. The van der Waals surface area contributed by atoms with Crippen LogP contribution < -0.4 is 5.73 Å². The van der Waals surface area contributed by atoms with Gasteiger partial charge in [0, 0.05) is 6.54 Å². The minimum Gasteiger partial charge on any atom is -0.394 e. The average Bonchev–Trinajstić information content (AvgIpc) is 2.15. The Labute approximate surface area is 83.1 Å². The molecule has 6 heteroatoms. The highest BCUT2D eigenvalue weighted by Crippen LogP contribution is 1.99. The van der Waals surface area contributed by atoms with Crippen LogP contribution in [-0.4, -0.2) is 54.8 Å². The van der Waals surface area contributed by atoms with Gasteiger partial charge in [-0.2, -0.15) is 0 Å². The fourth-order valence-electron chi connectivity index (χ4n) is 1.05. The molecular weight excluding hydrogens is 184 g/mol. The molecule has 0 aromatic heterocycles. The molecule has 1 rings (SSSR count). The Morgan fingerprint density at radius 2 is 2.43 bits per heavy atom. The Balaban J connectivity index is 2.23. The Hall–Kier alpha value is -0.980. The lowest BCUT2D eigenvalue weighted by atomic mass is 10.5. The number of nitrogens with zero attached hydrogens (tertiary/aromatic N) is 3. The summed E-state index contributed by atoms with van der Waals surface area (Å²) in [6.45, 7) is 3.33. The van der Waals surface area contributed by atoms with Gasteiger partial charge in [0.05, 0.1) is 26.2 Å². The van der Waals surface area contributed by atoms with Crippen LogP contribution in [-0.2, 0) is 4.74 Å². The zero-order valence-electron chi connectivity index (χ0n) is 8.26. The van der Waals surface area contributed by atoms with E-state index >= 15 is 0 Å². The number of hydrogen-bond acceptors (Lipinski definition) is 6. The maximum atomic E-state index is 8.48. The highest BCUT2D eigenvalue weighted by Gasteiger charge is 2.12. The molecule has 0 fully saturated rings. The summed E-state index contributed by atoms with van der Waals surface area (Å²) in [6, 6.07) is 0. The molecule has 0 radical (unpaired) electrons. The van der Waals surface area contributed by atoms with Crippen molar-refractivity contribution < 1.29 is 9.84 Å². The van der Waals surface area contributed by atoms with Crippen LogP contribution in [0, 0.1) is 0 Å². The summed E-state index contributed by atoms with van der Waals surface area (Å²) < 4.78 is 5.10. The number of rotatable bonds is 5. The number of aliphatic hydroxyl groups is 1. The van der Waals surface area contributed by atoms with Gasteiger partial charge in [-0.15, -0.1) is 0 Å². The van der Waals surface area contributed by atoms with Crippen molar-refractivity contribution >= 4 is 12.2 Å². The average molecular weight is 200 g/mol. The van der Waals surface area contributed by atoms with Gasteiger partial charge in [0.1, 0.15) is 5.84 Å². The smallest absolute Gasteiger partial charge is 0.176 e. The van der Waals surface area contributed by atoms with Crippen molar-refractivity contribution in [1.82, 2.24) is 4.90 Å². The topological polar surface area (TPSA) is 83.4 Å². The second-order valence-corrected chi connectivity index (χ2v) is 2.91. The molecule has 6 nitrogen and oxygen atoms in total. The summed E-state index contributed by atoms with van der Waals surface area (Å²) in [6.07, 6.45) is 1.29. The van der Waals surface area contributed by atoms with Crippen molar-refractivity contribution in [3.05, 3.63) is 0 Å². The minimum absolute atomic E-state index is 0.0391. The molecule has 0 saturated heterocycles. The minimum atomic E-state index is -0.370. The van der Waals surface area contributed by atoms with Crippen molar-refractivity contribution in [3.8, 4) is 0 Å². The van der Waals surface area contributed by atoms with Crippen LogP contribution in [0.25, 0.3) is 0 Å². The molecule has 1 aliphatic rings. The molecule has 80 valence electrons. The van der Waals surface area contributed by atoms with Crippen LogP contribution in [0.1, 0.15) is 6.92 Å². The first kappa shape index (κ1) is 11.1. The van der Waals surface area contributed by atoms with Gasteiger partial charge in [-0.05, 0) is 6.92 Å². The first-order chi connectivity index (χ1) is 6.74. The first-order valence-corrected chi connectivity index (χ1v) is 4.52. The zero-order valence-corrected chi connectivity index (χ0v) is 8.26. The van der Waals surface area contributed by atoms with E-state index in [1.165, 1.54) is 0 Å². The predicted molar refractivity (Wildman–Crippen MR) is 54.2 cm³/mol. The summed E-state index contributed by atoms with van der Waals surface area (Å²) in [4.78, 5) is 9.89. The van der Waals surface area contributed by atoms with E-state index in [4.69, 9.17) is 15.6 Å². The van der Waals surface area contributed by atoms with E-state index in [1.54, 1.807) is 18.2 Å². The molecule has 0 amide bonds. The van der Waals surface area contributed by atoms with Gasteiger partial charge in [0.25, 0.3) is 0 Å². The molecule has 1 aliphatic heterocycles. The summed E-state index contributed by atoms with van der Waals surface area (Å²) in [5.41, 5.74) is 5.73. The lowest BCUT2D eigenvalue weighted by Crippen LogP contribution is -2.44. The molecule has 14 heavy (non-hydrogen) atoms. The molecule has 0 bridgehead atoms. The van der Waals surface area contributed by atoms with Gasteiger partial charge in [0.2, 0.25) is 0 Å². The normalized spacial score (nSPS) is 21.2. The van der Waals surface area contributed by atoms with Crippen molar-refractivity contribution in [3.63, 3.8) is 0 Å². The highest BCUT2D eigenvalue weighted by molar-refractivity contribution is 5.88. The van der Waals surface area contributed by atoms with Gasteiger partial charge in [-0.1, -0.05) is 0 Å². The monoisotopic (exact) mass is 200 g/mol. The van der Waals surface area contributed by atoms with Crippen LogP contribution in [0.5, 0.6) is 0 Å². The van der Waals surface area contributed by atoms with Gasteiger partial charge in [0.15, 0.2) is 6.29 Å². The lowest BCUT2D eigenvalue weighted by molar-refractivity contribution is 0.0804. The molecule has 0 saturated carbocycles. The summed E-state index contributed by atoms with van der Waals surface area (Å²) >= 11 is 0. The predicted octanol–water partition coefficient (Wildman–Crippen LogP) is -1.00. The molecule has 0 aromatic rings. The number of aliphatic hydroxyl groups excluding tert-OH is 1. The Kier molecular flexibility index (Phi) is 4.51. The summed E-state index contributed by atoms with van der Waals surface area (Å²) in [7, 11) is 0. The largest absolute Gasteiger partial charge is 0.394 e. The van der Waals surface area contributed by atoms with E-state index in [-0.39, 0.29) is 12.9 Å². The van der Waals surface area contributed by atoms with E-state index in [2.05, 4.69) is 9.98 Å². The number of nitrogens with two attached hydrogens (primary N) is 1. The van der Waals surface area contributed by atoms with Crippen LogP contribution >= 0.6 is 0 Å². The maximum Gasteiger partial charge on any atom is 0.176 e. The van der Waals surface area contributed by atoms with Gasteiger partial charge in [-0.25, -0.2) is 9.98 Å². The SMILES string of the molecule is CC1=NC(N)N(CCOCCO)C=N1. The number of amidine groups is 1. The molecule has 1 heterocycles. The van der Waals surface area contributed by atoms with Crippen LogP contribution in [0.15, 0.2) is 9.98 Å². The van der Waals surface area contributed by atoms with E-state index in [0.29, 0.717) is 25.6 Å². The zero-order chi connectivity index (χ0) is 10.4. The van der Waals surface area contributed by atoms with Gasteiger partial charge >= 0.3 is 0 Å². The van der Waals surface area contributed by atoms with Crippen molar-refractivity contribution in [2.75, 3.05) is 26.4 Å². The highest BCUT2D eigenvalue weighted by atomic mass is 16.5. The number of hydrogen-bond donors (Lipinski definition) is 2. The van der Waals surface area contributed by atoms with Gasteiger partial charge in [-0.3, -0.25) is 5.73 Å². The van der Waals surface area contributed by atoms with E-state index < -0.39 is 0 Å². The van der Waals surface area contributed by atoms with Crippen molar-refractivity contribution in [2.45, 2.75) is 13.2 Å². The third-order valence-corrected chi connectivity index (χ3v) is 1.78. The maximum absolute atomic E-state index is 8.48. The van der Waals surface area contributed by atoms with E-state index in [0.717, 1.165) is 0 Å². The van der Waals surface area contributed by atoms with Crippen molar-refractivity contribution in [2.24, 2.45) is 15.7 Å².